The van der Waals surface area contributed by atoms with Gasteiger partial charge in [0.15, 0.2) is 0 Å². The van der Waals surface area contributed by atoms with Crippen molar-refractivity contribution in [3.63, 3.8) is 0 Å². The van der Waals surface area contributed by atoms with Crippen molar-refractivity contribution in [3.8, 4) is 0 Å². The number of ether oxygens (including phenoxy) is 1. The number of amides is 2. The van der Waals surface area contributed by atoms with Crippen molar-refractivity contribution in [1.29, 1.82) is 0 Å². The van der Waals surface area contributed by atoms with Crippen LogP contribution in [0.5, 0.6) is 0 Å². The van der Waals surface area contributed by atoms with Gasteiger partial charge in [0, 0.05) is 44.3 Å². The van der Waals surface area contributed by atoms with E-state index in [2.05, 4.69) is 0 Å². The van der Waals surface area contributed by atoms with Crippen LogP contribution in [0.2, 0.25) is 0 Å². The Hall–Kier alpha value is -1.88. The molecule has 0 saturated carbocycles. The van der Waals surface area contributed by atoms with Crippen molar-refractivity contribution in [1.82, 2.24) is 4.90 Å². The molecule has 0 bridgehead atoms. The third-order valence-corrected chi connectivity index (χ3v) is 4.69. The fourth-order valence-corrected chi connectivity index (χ4v) is 3.56. The van der Waals surface area contributed by atoms with E-state index in [4.69, 9.17) is 4.74 Å². The highest BCUT2D eigenvalue weighted by Gasteiger charge is 2.48. The van der Waals surface area contributed by atoms with Gasteiger partial charge < -0.3 is 14.5 Å². The number of benzene rings is 1. The van der Waals surface area contributed by atoms with Gasteiger partial charge in [0.2, 0.25) is 11.8 Å². The minimum absolute atomic E-state index is 0.0147. The first-order valence-electron chi connectivity index (χ1n) is 7.67. The SMILES string of the molecule is COCC(=O)N1CC[C@@]2(CC(=O)N(c3cccc(C)c3)C2)C1. The highest BCUT2D eigenvalue weighted by Crippen LogP contribution is 2.41. The lowest BCUT2D eigenvalue weighted by molar-refractivity contribution is -0.134. The minimum atomic E-state index is -0.0930. The smallest absolute Gasteiger partial charge is 0.248 e. The molecule has 1 aromatic carbocycles. The van der Waals surface area contributed by atoms with Gasteiger partial charge in [-0.1, -0.05) is 12.1 Å². The van der Waals surface area contributed by atoms with Crippen molar-refractivity contribution in [3.05, 3.63) is 29.8 Å². The second kappa shape index (κ2) is 5.72. The zero-order valence-corrected chi connectivity index (χ0v) is 13.2. The number of anilines is 1. The number of carbonyl (C=O) groups is 2. The molecule has 22 heavy (non-hydrogen) atoms. The van der Waals surface area contributed by atoms with Crippen LogP contribution in [-0.2, 0) is 14.3 Å². The van der Waals surface area contributed by atoms with Gasteiger partial charge in [-0.3, -0.25) is 9.59 Å². The van der Waals surface area contributed by atoms with Gasteiger partial charge in [-0.2, -0.15) is 0 Å². The van der Waals surface area contributed by atoms with Crippen LogP contribution in [0.4, 0.5) is 5.69 Å². The van der Waals surface area contributed by atoms with Crippen LogP contribution in [0.25, 0.3) is 0 Å². The summed E-state index contributed by atoms with van der Waals surface area (Å²) >= 11 is 0. The average molecular weight is 302 g/mol. The number of nitrogens with zero attached hydrogens (tertiary/aromatic N) is 2. The number of likely N-dealkylation sites (tertiary alicyclic amines) is 1. The Morgan fingerprint density at radius 3 is 2.91 bits per heavy atom. The number of carbonyl (C=O) groups excluding carboxylic acids is 2. The van der Waals surface area contributed by atoms with Crippen molar-refractivity contribution in [2.24, 2.45) is 5.41 Å². The Kier molecular flexibility index (Phi) is 3.91. The summed E-state index contributed by atoms with van der Waals surface area (Å²) in [7, 11) is 1.53. The summed E-state index contributed by atoms with van der Waals surface area (Å²) in [4.78, 5) is 28.1. The molecule has 2 aliphatic heterocycles. The highest BCUT2D eigenvalue weighted by atomic mass is 16.5. The van der Waals surface area contributed by atoms with E-state index in [1.807, 2.05) is 41.0 Å². The Labute approximate surface area is 130 Å². The van der Waals surface area contributed by atoms with Crippen LogP contribution < -0.4 is 4.90 Å². The maximum atomic E-state index is 12.4. The van der Waals surface area contributed by atoms with Gasteiger partial charge in [-0.15, -0.1) is 0 Å². The van der Waals surface area contributed by atoms with E-state index in [0.29, 0.717) is 19.5 Å². The normalized spacial score (nSPS) is 24.5. The fraction of sp³-hybridized carbons (Fsp3) is 0.529. The van der Waals surface area contributed by atoms with E-state index in [0.717, 1.165) is 24.2 Å². The highest BCUT2D eigenvalue weighted by molar-refractivity contribution is 5.96. The molecule has 1 aromatic rings. The van der Waals surface area contributed by atoms with Crippen LogP contribution in [0.1, 0.15) is 18.4 Å². The molecule has 0 N–H and O–H groups in total. The molecule has 1 spiro atoms. The molecule has 118 valence electrons. The monoisotopic (exact) mass is 302 g/mol. The first-order valence-corrected chi connectivity index (χ1v) is 7.67. The number of aryl methyl sites for hydroxylation is 1. The summed E-state index contributed by atoms with van der Waals surface area (Å²) < 4.78 is 4.92. The molecule has 2 fully saturated rings. The summed E-state index contributed by atoms with van der Waals surface area (Å²) in [5, 5.41) is 0. The second-order valence-electron chi connectivity index (χ2n) is 6.49. The lowest BCUT2D eigenvalue weighted by Crippen LogP contribution is -2.35. The second-order valence-corrected chi connectivity index (χ2v) is 6.49. The summed E-state index contributed by atoms with van der Waals surface area (Å²) in [6.07, 6.45) is 1.41. The first-order chi connectivity index (χ1) is 10.5. The van der Waals surface area contributed by atoms with Crippen LogP contribution in [0.3, 0.4) is 0 Å². The topological polar surface area (TPSA) is 49.9 Å². The molecule has 0 aliphatic carbocycles. The van der Waals surface area contributed by atoms with E-state index in [-0.39, 0.29) is 23.8 Å². The van der Waals surface area contributed by atoms with Crippen LogP contribution in [0, 0.1) is 12.3 Å². The van der Waals surface area contributed by atoms with E-state index in [1.54, 1.807) is 0 Å². The molecule has 5 nitrogen and oxygen atoms in total. The van der Waals surface area contributed by atoms with Crippen molar-refractivity contribution >= 4 is 17.5 Å². The predicted octanol–water partition coefficient (Wildman–Crippen LogP) is 1.60. The zero-order chi connectivity index (χ0) is 15.7. The summed E-state index contributed by atoms with van der Waals surface area (Å²) in [6, 6.07) is 8.03. The fourth-order valence-electron chi connectivity index (χ4n) is 3.56. The Bertz CT molecular complexity index is 601. The zero-order valence-electron chi connectivity index (χ0n) is 13.2. The molecule has 0 unspecified atom stereocenters. The molecule has 2 aliphatic rings. The van der Waals surface area contributed by atoms with Crippen molar-refractivity contribution < 1.29 is 14.3 Å². The Morgan fingerprint density at radius 1 is 1.36 bits per heavy atom. The van der Waals surface area contributed by atoms with Gasteiger partial charge in [-0.25, -0.2) is 0 Å². The lowest BCUT2D eigenvalue weighted by Gasteiger charge is -2.24. The number of hydrogen-bond donors (Lipinski definition) is 0. The Morgan fingerprint density at radius 2 is 2.18 bits per heavy atom. The Balaban J connectivity index is 1.73. The van der Waals surface area contributed by atoms with E-state index < -0.39 is 0 Å². The van der Waals surface area contributed by atoms with E-state index in [1.165, 1.54) is 7.11 Å². The molecule has 2 heterocycles. The van der Waals surface area contributed by atoms with Gasteiger partial charge in [0.05, 0.1) is 0 Å². The summed E-state index contributed by atoms with van der Waals surface area (Å²) in [6.45, 7) is 4.22. The maximum absolute atomic E-state index is 12.4. The number of methoxy groups -OCH3 is 1. The predicted molar refractivity (Wildman–Crippen MR) is 83.7 cm³/mol. The summed E-state index contributed by atoms with van der Waals surface area (Å²) in [5.74, 6) is 0.174. The van der Waals surface area contributed by atoms with Crippen LogP contribution in [-0.4, -0.2) is 50.1 Å². The van der Waals surface area contributed by atoms with Crippen LogP contribution in [0.15, 0.2) is 24.3 Å². The van der Waals surface area contributed by atoms with Gasteiger partial charge in [-0.05, 0) is 31.0 Å². The van der Waals surface area contributed by atoms with Gasteiger partial charge >= 0.3 is 0 Å². The molecule has 0 radical (unpaired) electrons. The van der Waals surface area contributed by atoms with E-state index >= 15 is 0 Å². The number of hydrogen-bond acceptors (Lipinski definition) is 3. The van der Waals surface area contributed by atoms with Crippen molar-refractivity contribution in [2.75, 3.05) is 38.3 Å². The lowest BCUT2D eigenvalue weighted by atomic mass is 9.86. The quantitative estimate of drug-likeness (QED) is 0.852. The molecule has 2 saturated heterocycles. The molecule has 1 atom stereocenters. The molecule has 5 heteroatoms. The van der Waals surface area contributed by atoms with Gasteiger partial charge in [0.25, 0.3) is 0 Å². The molecular weight excluding hydrogens is 280 g/mol. The maximum Gasteiger partial charge on any atom is 0.248 e. The summed E-state index contributed by atoms with van der Waals surface area (Å²) in [5.41, 5.74) is 2.02. The van der Waals surface area contributed by atoms with Crippen LogP contribution >= 0.6 is 0 Å². The van der Waals surface area contributed by atoms with E-state index in [9.17, 15) is 9.59 Å². The standard InChI is InChI=1S/C17H22N2O3/c1-13-4-3-5-14(8-13)19-12-17(9-15(19)20)6-7-18(11-17)16(21)10-22-2/h3-5,8H,6-7,9-12H2,1-2H3/t17-/m1/s1. The largest absolute Gasteiger partial charge is 0.375 e. The first kappa shape index (κ1) is 15.0. The molecule has 0 aromatic heterocycles. The van der Waals surface area contributed by atoms with Gasteiger partial charge in [0.1, 0.15) is 6.61 Å². The number of rotatable bonds is 3. The molecular formula is C17H22N2O3. The van der Waals surface area contributed by atoms with Crippen molar-refractivity contribution in [2.45, 2.75) is 19.8 Å². The molecule has 2 amide bonds. The average Bonchev–Trinajstić information content (AvgIpc) is 3.03. The third kappa shape index (κ3) is 2.73. The molecule has 3 rings (SSSR count). The minimum Gasteiger partial charge on any atom is -0.375 e. The third-order valence-electron chi connectivity index (χ3n) is 4.69.